The summed E-state index contributed by atoms with van der Waals surface area (Å²) in [7, 11) is 3.76. The second-order valence-electron chi connectivity index (χ2n) is 3.55. The molecule has 2 unspecified atom stereocenters. The Hall–Kier alpha value is -0.190. The minimum Gasteiger partial charge on any atom is -0.393 e. The summed E-state index contributed by atoms with van der Waals surface area (Å²) >= 11 is 4.91. The molecule has 0 aromatic carbocycles. The zero-order valence-corrected chi connectivity index (χ0v) is 9.73. The summed E-state index contributed by atoms with van der Waals surface area (Å²) < 4.78 is 5.06. The van der Waals surface area contributed by atoms with Crippen molar-refractivity contribution in [3.8, 4) is 0 Å². The highest BCUT2D eigenvalue weighted by Crippen LogP contribution is 2.02. The Morgan fingerprint density at radius 3 is 2.46 bits per heavy atom. The minimum absolute atomic E-state index is 0.263. The summed E-state index contributed by atoms with van der Waals surface area (Å²) in [6, 6.07) is 0.404. The highest BCUT2D eigenvalue weighted by atomic mass is 32.1. The van der Waals surface area contributed by atoms with E-state index in [9.17, 15) is 0 Å². The van der Waals surface area contributed by atoms with Gasteiger partial charge in [-0.15, -0.1) is 0 Å². The number of likely N-dealkylation sites (N-methyl/N-ethyl adjacent to an activating group) is 1. The number of hydrogen-bond acceptors (Lipinski definition) is 3. The van der Waals surface area contributed by atoms with Gasteiger partial charge >= 0.3 is 0 Å². The average molecular weight is 204 g/mol. The van der Waals surface area contributed by atoms with E-state index in [0.29, 0.717) is 11.0 Å². The zero-order chi connectivity index (χ0) is 10.4. The van der Waals surface area contributed by atoms with Crippen LogP contribution in [0.4, 0.5) is 0 Å². The molecule has 0 spiro atoms. The molecule has 0 fully saturated rings. The molecular weight excluding hydrogens is 184 g/mol. The van der Waals surface area contributed by atoms with Crippen LogP contribution in [0.1, 0.15) is 13.8 Å². The van der Waals surface area contributed by atoms with Crippen LogP contribution in [0.15, 0.2) is 0 Å². The fourth-order valence-electron chi connectivity index (χ4n) is 1.07. The Kier molecular flexibility index (Phi) is 6.20. The van der Waals surface area contributed by atoms with Gasteiger partial charge in [-0.3, -0.25) is 0 Å². The lowest BCUT2D eigenvalue weighted by Crippen LogP contribution is -2.38. The fourth-order valence-corrected chi connectivity index (χ4v) is 1.14. The first-order valence-corrected chi connectivity index (χ1v) is 4.88. The first kappa shape index (κ1) is 12.8. The van der Waals surface area contributed by atoms with Gasteiger partial charge in [0.05, 0.1) is 11.6 Å². The lowest BCUT2D eigenvalue weighted by molar-refractivity contribution is 0.112. The molecule has 2 atom stereocenters. The van der Waals surface area contributed by atoms with Crippen LogP contribution in [0.3, 0.4) is 0 Å². The van der Waals surface area contributed by atoms with Gasteiger partial charge in [0.1, 0.15) is 0 Å². The van der Waals surface area contributed by atoms with Gasteiger partial charge < -0.3 is 15.4 Å². The largest absolute Gasteiger partial charge is 0.393 e. The van der Waals surface area contributed by atoms with E-state index < -0.39 is 0 Å². The molecule has 3 nitrogen and oxygen atoms in total. The van der Waals surface area contributed by atoms with Crippen molar-refractivity contribution in [2.75, 3.05) is 27.3 Å². The third kappa shape index (κ3) is 5.18. The highest BCUT2D eigenvalue weighted by Gasteiger charge is 2.13. The fraction of sp³-hybridized carbons (Fsp3) is 0.889. The summed E-state index contributed by atoms with van der Waals surface area (Å²) in [6.07, 6.45) is 0. The van der Waals surface area contributed by atoms with Crippen molar-refractivity contribution in [1.82, 2.24) is 4.90 Å². The first-order chi connectivity index (χ1) is 5.99. The molecule has 0 aliphatic rings. The molecule has 0 saturated heterocycles. The summed E-state index contributed by atoms with van der Waals surface area (Å²) in [6.45, 7) is 5.79. The number of nitrogens with two attached hydrogens (primary N) is 1. The van der Waals surface area contributed by atoms with Gasteiger partial charge in [0, 0.05) is 25.6 Å². The maximum atomic E-state index is 5.53. The molecule has 0 radical (unpaired) electrons. The van der Waals surface area contributed by atoms with Crippen LogP contribution in [0, 0.1) is 5.92 Å². The predicted molar refractivity (Wildman–Crippen MR) is 59.9 cm³/mol. The molecule has 0 aromatic heterocycles. The van der Waals surface area contributed by atoms with Crippen LogP contribution >= 0.6 is 12.2 Å². The van der Waals surface area contributed by atoms with Gasteiger partial charge in [0.15, 0.2) is 0 Å². The summed E-state index contributed by atoms with van der Waals surface area (Å²) in [5.74, 6) is 0.263. The van der Waals surface area contributed by atoms with Crippen molar-refractivity contribution in [1.29, 1.82) is 0 Å². The van der Waals surface area contributed by atoms with Crippen LogP contribution < -0.4 is 5.73 Å². The van der Waals surface area contributed by atoms with Gasteiger partial charge in [-0.2, -0.15) is 0 Å². The second-order valence-corrected chi connectivity index (χ2v) is 4.02. The quantitative estimate of drug-likeness (QED) is 0.652. The summed E-state index contributed by atoms with van der Waals surface area (Å²) in [4.78, 5) is 2.78. The topological polar surface area (TPSA) is 38.5 Å². The molecule has 4 heteroatoms. The van der Waals surface area contributed by atoms with E-state index in [1.165, 1.54) is 0 Å². The van der Waals surface area contributed by atoms with E-state index in [0.717, 1.165) is 13.2 Å². The molecule has 0 aliphatic heterocycles. The van der Waals surface area contributed by atoms with Crippen LogP contribution in [0.5, 0.6) is 0 Å². The van der Waals surface area contributed by atoms with E-state index in [1.807, 2.05) is 6.92 Å². The van der Waals surface area contributed by atoms with Gasteiger partial charge in [-0.25, -0.2) is 0 Å². The Labute approximate surface area is 86.2 Å². The van der Waals surface area contributed by atoms with Crippen molar-refractivity contribution in [2.24, 2.45) is 11.7 Å². The standard InChI is InChI=1S/C9H20N2OS/c1-7(9(10)13)5-11(3)8(2)6-12-4/h7-8H,5-6H2,1-4H3,(H2,10,13). The Balaban J connectivity index is 3.84. The summed E-state index contributed by atoms with van der Waals surface area (Å²) in [5, 5.41) is 0. The smallest absolute Gasteiger partial charge is 0.0768 e. The molecule has 13 heavy (non-hydrogen) atoms. The third-order valence-electron chi connectivity index (χ3n) is 2.21. The number of rotatable bonds is 6. The lowest BCUT2D eigenvalue weighted by atomic mass is 10.1. The van der Waals surface area contributed by atoms with Crippen LogP contribution in [-0.4, -0.2) is 43.2 Å². The maximum Gasteiger partial charge on any atom is 0.0768 e. The zero-order valence-electron chi connectivity index (χ0n) is 8.91. The van der Waals surface area contributed by atoms with Gasteiger partial charge in [0.2, 0.25) is 0 Å². The highest BCUT2D eigenvalue weighted by molar-refractivity contribution is 7.80. The van der Waals surface area contributed by atoms with Crippen molar-refractivity contribution < 1.29 is 4.74 Å². The van der Waals surface area contributed by atoms with E-state index in [-0.39, 0.29) is 5.92 Å². The van der Waals surface area contributed by atoms with Crippen molar-refractivity contribution in [2.45, 2.75) is 19.9 Å². The molecule has 0 saturated carbocycles. The van der Waals surface area contributed by atoms with E-state index >= 15 is 0 Å². The normalized spacial score (nSPS) is 15.8. The minimum atomic E-state index is 0.263. The van der Waals surface area contributed by atoms with Gasteiger partial charge in [-0.05, 0) is 14.0 Å². The molecule has 78 valence electrons. The Morgan fingerprint density at radius 1 is 1.54 bits per heavy atom. The third-order valence-corrected chi connectivity index (χ3v) is 2.61. The molecule has 0 bridgehead atoms. The van der Waals surface area contributed by atoms with Crippen LogP contribution in [0.2, 0.25) is 0 Å². The predicted octanol–water partition coefficient (Wildman–Crippen LogP) is 0.875. The number of methoxy groups -OCH3 is 1. The van der Waals surface area contributed by atoms with E-state index in [4.69, 9.17) is 22.7 Å². The maximum absolute atomic E-state index is 5.53. The molecule has 0 rings (SSSR count). The van der Waals surface area contributed by atoms with Crippen LogP contribution in [-0.2, 0) is 4.74 Å². The van der Waals surface area contributed by atoms with Crippen molar-refractivity contribution in [3.63, 3.8) is 0 Å². The average Bonchev–Trinajstić information content (AvgIpc) is 2.04. The first-order valence-electron chi connectivity index (χ1n) is 4.47. The molecule has 0 aliphatic carbocycles. The van der Waals surface area contributed by atoms with Gasteiger partial charge in [0.25, 0.3) is 0 Å². The van der Waals surface area contributed by atoms with E-state index in [1.54, 1.807) is 7.11 Å². The van der Waals surface area contributed by atoms with Crippen LogP contribution in [0.25, 0.3) is 0 Å². The van der Waals surface area contributed by atoms with Crippen molar-refractivity contribution in [3.05, 3.63) is 0 Å². The molecule has 0 aromatic rings. The molecule has 2 N–H and O–H groups in total. The molecule has 0 amide bonds. The van der Waals surface area contributed by atoms with E-state index in [2.05, 4.69) is 18.9 Å². The SMILES string of the molecule is COCC(C)N(C)CC(C)C(N)=S. The summed E-state index contributed by atoms with van der Waals surface area (Å²) in [5.41, 5.74) is 5.53. The second kappa shape index (κ2) is 6.29. The van der Waals surface area contributed by atoms with Crippen molar-refractivity contribution >= 4 is 17.2 Å². The molecule has 0 heterocycles. The van der Waals surface area contributed by atoms with Gasteiger partial charge in [-0.1, -0.05) is 19.1 Å². The number of hydrogen-bond donors (Lipinski definition) is 1. The Morgan fingerprint density at radius 2 is 2.08 bits per heavy atom. The number of nitrogens with zero attached hydrogens (tertiary/aromatic N) is 1. The number of ether oxygens (including phenoxy) is 1. The monoisotopic (exact) mass is 204 g/mol. The lowest BCUT2D eigenvalue weighted by Gasteiger charge is -2.26. The molecular formula is C9H20N2OS. The number of thiocarbonyl (C=S) groups is 1. The Bertz CT molecular complexity index is 164.